The minimum atomic E-state index is -0.650. The van der Waals surface area contributed by atoms with E-state index in [2.05, 4.69) is 10.9 Å². The minimum absolute atomic E-state index is 0.168. The van der Waals surface area contributed by atoms with E-state index in [0.717, 1.165) is 11.1 Å². The molecule has 0 saturated heterocycles. The highest BCUT2D eigenvalue weighted by atomic mass is 16.5. The topological polar surface area (TPSA) is 67.4 Å². The van der Waals surface area contributed by atoms with Crippen LogP contribution in [-0.2, 0) is 20.7 Å². The second-order valence-electron chi connectivity index (χ2n) is 5.09. The van der Waals surface area contributed by atoms with Gasteiger partial charge in [0.15, 0.2) is 0 Å². The van der Waals surface area contributed by atoms with Gasteiger partial charge in [0.25, 0.3) is 0 Å². The van der Waals surface area contributed by atoms with Crippen molar-refractivity contribution in [1.82, 2.24) is 10.9 Å². The first-order valence-corrected chi connectivity index (χ1v) is 7.66. The van der Waals surface area contributed by atoms with E-state index in [1.165, 1.54) is 0 Å². The van der Waals surface area contributed by atoms with Gasteiger partial charge in [-0.25, -0.2) is 5.43 Å². The molecule has 0 unspecified atom stereocenters. The Morgan fingerprint density at radius 3 is 2.38 bits per heavy atom. The summed E-state index contributed by atoms with van der Waals surface area (Å²) >= 11 is 0. The van der Waals surface area contributed by atoms with E-state index in [9.17, 15) is 9.59 Å². The van der Waals surface area contributed by atoms with Gasteiger partial charge in [0.2, 0.25) is 6.41 Å². The number of benzene rings is 2. The van der Waals surface area contributed by atoms with Gasteiger partial charge in [0.1, 0.15) is 12.6 Å². The Bertz CT molecular complexity index is 657. The molecule has 2 aromatic carbocycles. The largest absolute Gasteiger partial charge is 0.460 e. The van der Waals surface area contributed by atoms with E-state index in [1.807, 2.05) is 66.7 Å². The third-order valence-corrected chi connectivity index (χ3v) is 3.32. The molecule has 24 heavy (non-hydrogen) atoms. The molecule has 2 rings (SSSR count). The molecule has 0 aromatic heterocycles. The molecule has 0 saturated carbocycles. The Balaban J connectivity index is 1.87. The third kappa shape index (κ3) is 6.06. The summed E-state index contributed by atoms with van der Waals surface area (Å²) in [5, 5.41) is 0. The van der Waals surface area contributed by atoms with Gasteiger partial charge in [0.05, 0.1) is 0 Å². The van der Waals surface area contributed by atoms with E-state index in [0.29, 0.717) is 12.8 Å². The molecule has 0 spiro atoms. The van der Waals surface area contributed by atoms with Crippen LogP contribution >= 0.6 is 0 Å². The monoisotopic (exact) mass is 324 g/mol. The molecule has 1 atom stereocenters. The molecule has 0 bridgehead atoms. The lowest BCUT2D eigenvalue weighted by Gasteiger charge is -2.16. The van der Waals surface area contributed by atoms with Crippen molar-refractivity contribution in [2.45, 2.75) is 12.5 Å². The summed E-state index contributed by atoms with van der Waals surface area (Å²) in [6.07, 6.45) is 4.57. The SMILES string of the molecule is O=CNN[C@@H](Cc1ccccc1)C(=O)OC/C=C/c1ccccc1. The maximum atomic E-state index is 12.2. The van der Waals surface area contributed by atoms with Gasteiger partial charge in [-0.15, -0.1) is 0 Å². The third-order valence-electron chi connectivity index (χ3n) is 3.32. The average molecular weight is 324 g/mol. The van der Waals surface area contributed by atoms with Gasteiger partial charge in [-0.1, -0.05) is 66.7 Å². The highest BCUT2D eigenvalue weighted by molar-refractivity contribution is 5.76. The van der Waals surface area contributed by atoms with Crippen LogP contribution in [0.2, 0.25) is 0 Å². The first-order valence-electron chi connectivity index (χ1n) is 7.66. The number of rotatable bonds is 9. The molecule has 0 aliphatic rings. The molecule has 124 valence electrons. The molecule has 5 heteroatoms. The first kappa shape index (κ1) is 17.4. The van der Waals surface area contributed by atoms with E-state index < -0.39 is 12.0 Å². The first-order chi connectivity index (χ1) is 11.8. The van der Waals surface area contributed by atoms with Crippen molar-refractivity contribution in [2.24, 2.45) is 0 Å². The zero-order chi connectivity index (χ0) is 17.0. The van der Waals surface area contributed by atoms with Crippen LogP contribution in [0.3, 0.4) is 0 Å². The van der Waals surface area contributed by atoms with Crippen LogP contribution in [0.25, 0.3) is 6.08 Å². The number of carbonyl (C=O) groups excluding carboxylic acids is 2. The summed E-state index contributed by atoms with van der Waals surface area (Å²) in [6, 6.07) is 18.6. The summed E-state index contributed by atoms with van der Waals surface area (Å²) < 4.78 is 5.25. The van der Waals surface area contributed by atoms with Gasteiger partial charge in [-0.2, -0.15) is 0 Å². The lowest BCUT2D eigenvalue weighted by Crippen LogP contribution is -2.47. The molecule has 0 radical (unpaired) electrons. The van der Waals surface area contributed by atoms with Gasteiger partial charge in [-0.3, -0.25) is 15.0 Å². The summed E-state index contributed by atoms with van der Waals surface area (Å²) in [4.78, 5) is 22.7. The standard InChI is InChI=1S/C19H20N2O3/c22-15-20-21-18(14-17-10-5-2-6-11-17)19(23)24-13-7-12-16-8-3-1-4-9-16/h1-12,15,18,21H,13-14H2,(H,20,22)/b12-7+/t18-/m0/s1. The van der Waals surface area contributed by atoms with E-state index in [1.54, 1.807) is 6.08 Å². The highest BCUT2D eigenvalue weighted by Crippen LogP contribution is 2.05. The number of ether oxygens (including phenoxy) is 1. The van der Waals surface area contributed by atoms with Crippen LogP contribution in [0.15, 0.2) is 66.7 Å². The number of carbonyl (C=O) groups is 2. The normalized spacial score (nSPS) is 11.8. The Kier molecular flexibility index (Phi) is 7.24. The smallest absolute Gasteiger partial charge is 0.325 e. The van der Waals surface area contributed by atoms with Crippen LogP contribution in [0.4, 0.5) is 0 Å². The molecule has 0 fully saturated rings. The van der Waals surface area contributed by atoms with Gasteiger partial charge < -0.3 is 4.74 Å². The van der Waals surface area contributed by atoms with Crippen molar-refractivity contribution in [3.8, 4) is 0 Å². The van der Waals surface area contributed by atoms with Crippen LogP contribution in [0.5, 0.6) is 0 Å². The molecule has 2 aromatic rings. The summed E-state index contributed by atoms with van der Waals surface area (Å²) in [7, 11) is 0. The molecular formula is C19H20N2O3. The number of hydrazine groups is 1. The maximum Gasteiger partial charge on any atom is 0.325 e. The Morgan fingerprint density at radius 2 is 1.71 bits per heavy atom. The zero-order valence-electron chi connectivity index (χ0n) is 13.2. The predicted molar refractivity (Wildman–Crippen MR) is 92.7 cm³/mol. The predicted octanol–water partition coefficient (Wildman–Crippen LogP) is 2.10. The van der Waals surface area contributed by atoms with Crippen molar-refractivity contribution in [2.75, 3.05) is 6.61 Å². The molecule has 5 nitrogen and oxygen atoms in total. The Morgan fingerprint density at radius 1 is 1.04 bits per heavy atom. The minimum Gasteiger partial charge on any atom is -0.460 e. The molecular weight excluding hydrogens is 304 g/mol. The van der Waals surface area contributed by atoms with Crippen LogP contribution in [-0.4, -0.2) is 25.0 Å². The van der Waals surface area contributed by atoms with Crippen LogP contribution in [0.1, 0.15) is 11.1 Å². The fraction of sp³-hybridized carbons (Fsp3) is 0.158. The Hall–Kier alpha value is -2.92. The van der Waals surface area contributed by atoms with Crippen molar-refractivity contribution < 1.29 is 14.3 Å². The van der Waals surface area contributed by atoms with Gasteiger partial charge in [-0.05, 0) is 17.2 Å². The van der Waals surface area contributed by atoms with Crippen molar-refractivity contribution >= 4 is 18.5 Å². The summed E-state index contributed by atoms with van der Waals surface area (Å²) in [5.74, 6) is -0.425. The van der Waals surface area contributed by atoms with E-state index in [4.69, 9.17) is 4.74 Å². The summed E-state index contributed by atoms with van der Waals surface area (Å²) in [5.41, 5.74) is 6.98. The highest BCUT2D eigenvalue weighted by Gasteiger charge is 2.19. The average Bonchev–Trinajstić information content (AvgIpc) is 2.64. The number of hydrogen-bond acceptors (Lipinski definition) is 4. The number of esters is 1. The van der Waals surface area contributed by atoms with E-state index in [-0.39, 0.29) is 6.61 Å². The van der Waals surface area contributed by atoms with Crippen molar-refractivity contribution in [3.05, 3.63) is 77.9 Å². The molecule has 2 N–H and O–H groups in total. The summed E-state index contributed by atoms with van der Waals surface area (Å²) in [6.45, 7) is 0.168. The van der Waals surface area contributed by atoms with E-state index >= 15 is 0 Å². The quantitative estimate of drug-likeness (QED) is 0.421. The molecule has 0 aliphatic heterocycles. The lowest BCUT2D eigenvalue weighted by atomic mass is 10.1. The number of hydrogen-bond donors (Lipinski definition) is 2. The van der Waals surface area contributed by atoms with Gasteiger partial charge in [0, 0.05) is 6.42 Å². The zero-order valence-corrected chi connectivity index (χ0v) is 13.2. The second kappa shape index (κ2) is 9.97. The molecule has 0 heterocycles. The Labute approximate surface area is 141 Å². The fourth-order valence-electron chi connectivity index (χ4n) is 2.16. The molecule has 0 aliphatic carbocycles. The van der Waals surface area contributed by atoms with Crippen LogP contribution < -0.4 is 10.9 Å². The van der Waals surface area contributed by atoms with Crippen LogP contribution in [0, 0.1) is 0 Å². The lowest BCUT2D eigenvalue weighted by molar-refractivity contribution is -0.145. The van der Waals surface area contributed by atoms with Crippen molar-refractivity contribution in [1.29, 1.82) is 0 Å². The maximum absolute atomic E-state index is 12.2. The van der Waals surface area contributed by atoms with Crippen molar-refractivity contribution in [3.63, 3.8) is 0 Å². The van der Waals surface area contributed by atoms with Gasteiger partial charge >= 0.3 is 5.97 Å². The number of nitrogens with one attached hydrogen (secondary N) is 2. The molecule has 1 amide bonds. The fourth-order valence-corrected chi connectivity index (χ4v) is 2.16. The number of amides is 1. The second-order valence-corrected chi connectivity index (χ2v) is 5.09.